The predicted molar refractivity (Wildman–Crippen MR) is 112 cm³/mol. The van der Waals surface area contributed by atoms with Crippen LogP contribution in [-0.4, -0.2) is 24.9 Å². The van der Waals surface area contributed by atoms with E-state index in [0.717, 1.165) is 50.0 Å². The average molecular weight is 377 g/mol. The predicted octanol–water partition coefficient (Wildman–Crippen LogP) is 4.44. The Morgan fingerprint density at radius 1 is 0.929 bits per heavy atom. The highest BCUT2D eigenvalue weighted by Crippen LogP contribution is 2.35. The summed E-state index contributed by atoms with van der Waals surface area (Å²) in [5.74, 6) is 0.509. The molecule has 1 aliphatic carbocycles. The number of fused-ring (bicyclic) bond motifs is 1. The highest BCUT2D eigenvalue weighted by molar-refractivity contribution is 5.98. The van der Waals surface area contributed by atoms with Crippen molar-refractivity contribution in [1.29, 1.82) is 0 Å². The lowest BCUT2D eigenvalue weighted by molar-refractivity contribution is -0.127. The van der Waals surface area contributed by atoms with Gasteiger partial charge in [-0.05, 0) is 62.8 Å². The molecule has 0 spiro atoms. The van der Waals surface area contributed by atoms with Gasteiger partial charge in [-0.2, -0.15) is 0 Å². The minimum Gasteiger partial charge on any atom is -0.312 e. The molecule has 4 heteroatoms. The van der Waals surface area contributed by atoms with Crippen LogP contribution in [0.15, 0.2) is 54.6 Å². The van der Waals surface area contributed by atoms with Crippen molar-refractivity contribution in [3.05, 3.63) is 60.2 Å². The van der Waals surface area contributed by atoms with Gasteiger partial charge >= 0.3 is 0 Å². The molecule has 2 aliphatic rings. The van der Waals surface area contributed by atoms with Gasteiger partial charge in [-0.25, -0.2) is 0 Å². The molecule has 0 unspecified atom stereocenters. The summed E-state index contributed by atoms with van der Waals surface area (Å²) in [7, 11) is 0. The fraction of sp³-hybridized carbons (Fsp3) is 0.417. The standard InChI is InChI=1S/C24H28N2O2/c1-2-25(21-9-4-3-5-10-21)23(27)19-12-14-20(15-13-19)24(28)26-17-16-18-8-6-7-11-22(18)26/h3-11,19-20H,2,12-17H2,1H3. The van der Waals surface area contributed by atoms with Gasteiger partial charge < -0.3 is 9.80 Å². The number of rotatable bonds is 4. The van der Waals surface area contributed by atoms with Crippen LogP contribution in [0, 0.1) is 11.8 Å². The van der Waals surface area contributed by atoms with Crippen LogP contribution in [0.4, 0.5) is 11.4 Å². The summed E-state index contributed by atoms with van der Waals surface area (Å²) in [5, 5.41) is 0. The second-order valence-electron chi connectivity index (χ2n) is 7.84. The average Bonchev–Trinajstić information content (AvgIpc) is 3.19. The number of hydrogen-bond donors (Lipinski definition) is 0. The molecule has 1 saturated carbocycles. The van der Waals surface area contributed by atoms with Crippen molar-refractivity contribution in [2.45, 2.75) is 39.0 Å². The Hall–Kier alpha value is -2.62. The first-order valence-electron chi connectivity index (χ1n) is 10.4. The minimum atomic E-state index is 0.0232. The van der Waals surface area contributed by atoms with Crippen molar-refractivity contribution in [2.24, 2.45) is 11.8 Å². The van der Waals surface area contributed by atoms with Crippen LogP contribution >= 0.6 is 0 Å². The normalized spacial score (nSPS) is 21.2. The number of benzene rings is 2. The van der Waals surface area contributed by atoms with E-state index in [4.69, 9.17) is 0 Å². The third kappa shape index (κ3) is 3.56. The van der Waals surface area contributed by atoms with Crippen LogP contribution in [0.2, 0.25) is 0 Å². The second kappa shape index (κ2) is 8.17. The van der Waals surface area contributed by atoms with Crippen molar-refractivity contribution in [1.82, 2.24) is 0 Å². The van der Waals surface area contributed by atoms with Gasteiger partial charge in [0.1, 0.15) is 0 Å². The van der Waals surface area contributed by atoms with Crippen molar-refractivity contribution in [3.63, 3.8) is 0 Å². The molecule has 0 saturated heterocycles. The lowest BCUT2D eigenvalue weighted by atomic mass is 9.80. The fourth-order valence-corrected chi connectivity index (χ4v) is 4.67. The summed E-state index contributed by atoms with van der Waals surface area (Å²) in [4.78, 5) is 30.0. The topological polar surface area (TPSA) is 40.6 Å². The first-order valence-corrected chi connectivity index (χ1v) is 10.4. The van der Waals surface area contributed by atoms with Gasteiger partial charge in [0.2, 0.25) is 11.8 Å². The summed E-state index contributed by atoms with van der Waals surface area (Å²) >= 11 is 0. The molecular weight excluding hydrogens is 348 g/mol. The number of hydrogen-bond acceptors (Lipinski definition) is 2. The van der Waals surface area contributed by atoms with Crippen LogP contribution in [0.3, 0.4) is 0 Å². The fourth-order valence-electron chi connectivity index (χ4n) is 4.67. The van der Waals surface area contributed by atoms with Crippen LogP contribution in [-0.2, 0) is 16.0 Å². The molecule has 1 heterocycles. The second-order valence-corrected chi connectivity index (χ2v) is 7.84. The van der Waals surface area contributed by atoms with E-state index in [-0.39, 0.29) is 23.7 Å². The molecule has 0 atom stereocenters. The molecule has 2 aromatic carbocycles. The summed E-state index contributed by atoms with van der Waals surface area (Å²) in [5.41, 5.74) is 3.30. The zero-order chi connectivity index (χ0) is 19.5. The quantitative estimate of drug-likeness (QED) is 0.792. The van der Waals surface area contributed by atoms with Crippen molar-refractivity contribution in [3.8, 4) is 0 Å². The van der Waals surface area contributed by atoms with Crippen molar-refractivity contribution in [2.75, 3.05) is 22.9 Å². The molecule has 0 bridgehead atoms. The molecule has 2 amide bonds. The Morgan fingerprint density at radius 2 is 1.57 bits per heavy atom. The highest BCUT2D eigenvalue weighted by atomic mass is 16.2. The van der Waals surface area contributed by atoms with E-state index in [2.05, 4.69) is 6.07 Å². The highest BCUT2D eigenvalue weighted by Gasteiger charge is 2.35. The Bertz CT molecular complexity index is 819. The number of carbonyl (C=O) groups is 2. The van der Waals surface area contributed by atoms with E-state index < -0.39 is 0 Å². The number of anilines is 2. The van der Waals surface area contributed by atoms with Gasteiger partial charge in [0.15, 0.2) is 0 Å². The third-order valence-corrected chi connectivity index (χ3v) is 6.23. The smallest absolute Gasteiger partial charge is 0.230 e. The summed E-state index contributed by atoms with van der Waals surface area (Å²) in [6.07, 6.45) is 4.15. The molecule has 0 radical (unpaired) electrons. The molecule has 146 valence electrons. The van der Waals surface area contributed by atoms with Gasteiger partial charge in [-0.3, -0.25) is 9.59 Å². The third-order valence-electron chi connectivity index (χ3n) is 6.23. The Morgan fingerprint density at radius 3 is 2.29 bits per heavy atom. The maximum atomic E-state index is 13.1. The Kier molecular flexibility index (Phi) is 5.47. The first kappa shape index (κ1) is 18.7. The van der Waals surface area contributed by atoms with E-state index in [1.807, 2.05) is 65.3 Å². The number of nitrogens with zero attached hydrogens (tertiary/aromatic N) is 2. The first-order chi connectivity index (χ1) is 13.7. The molecule has 1 fully saturated rings. The van der Waals surface area contributed by atoms with Crippen molar-refractivity contribution < 1.29 is 9.59 Å². The maximum absolute atomic E-state index is 13.1. The van der Waals surface area contributed by atoms with Gasteiger partial charge in [-0.15, -0.1) is 0 Å². The van der Waals surface area contributed by atoms with E-state index in [9.17, 15) is 9.59 Å². The maximum Gasteiger partial charge on any atom is 0.230 e. The monoisotopic (exact) mass is 376 g/mol. The molecule has 4 rings (SSSR count). The summed E-state index contributed by atoms with van der Waals surface area (Å²) < 4.78 is 0. The molecule has 4 nitrogen and oxygen atoms in total. The van der Waals surface area contributed by atoms with E-state index in [1.54, 1.807) is 0 Å². The van der Waals surface area contributed by atoms with Crippen LogP contribution < -0.4 is 9.80 Å². The summed E-state index contributed by atoms with van der Waals surface area (Å²) in [6.45, 7) is 3.48. The molecule has 0 N–H and O–H groups in total. The zero-order valence-corrected chi connectivity index (χ0v) is 16.5. The summed E-state index contributed by atoms with van der Waals surface area (Å²) in [6, 6.07) is 18.1. The van der Waals surface area contributed by atoms with Crippen LogP contribution in [0.25, 0.3) is 0 Å². The Labute approximate surface area is 167 Å². The van der Waals surface area contributed by atoms with E-state index >= 15 is 0 Å². The van der Waals surface area contributed by atoms with Crippen molar-refractivity contribution >= 4 is 23.2 Å². The number of para-hydroxylation sites is 2. The minimum absolute atomic E-state index is 0.0232. The SMILES string of the molecule is CCN(C(=O)C1CCC(C(=O)N2CCc3ccccc32)CC1)c1ccccc1. The lowest BCUT2D eigenvalue weighted by Crippen LogP contribution is -2.41. The molecule has 0 aromatic heterocycles. The molecule has 2 aromatic rings. The van der Waals surface area contributed by atoms with Gasteiger partial charge in [0, 0.05) is 36.3 Å². The molecule has 1 aliphatic heterocycles. The lowest BCUT2D eigenvalue weighted by Gasteiger charge is -2.33. The van der Waals surface area contributed by atoms with E-state index in [0.29, 0.717) is 6.54 Å². The molecule has 28 heavy (non-hydrogen) atoms. The van der Waals surface area contributed by atoms with Gasteiger partial charge in [0.25, 0.3) is 0 Å². The largest absolute Gasteiger partial charge is 0.312 e. The number of carbonyl (C=O) groups excluding carboxylic acids is 2. The van der Waals surface area contributed by atoms with E-state index in [1.165, 1.54) is 5.56 Å². The number of amides is 2. The van der Waals surface area contributed by atoms with Gasteiger partial charge in [-0.1, -0.05) is 36.4 Å². The Balaban J connectivity index is 1.38. The van der Waals surface area contributed by atoms with Crippen LogP contribution in [0.5, 0.6) is 0 Å². The van der Waals surface area contributed by atoms with Gasteiger partial charge in [0.05, 0.1) is 0 Å². The molecular formula is C24H28N2O2. The van der Waals surface area contributed by atoms with Crippen LogP contribution in [0.1, 0.15) is 38.2 Å². The zero-order valence-electron chi connectivity index (χ0n) is 16.5.